The highest BCUT2D eigenvalue weighted by Gasteiger charge is 2.21. The fraction of sp³-hybridized carbons (Fsp3) is 0.444. The molecule has 0 bridgehead atoms. The molecule has 0 fully saturated rings. The molecule has 1 amide bonds. The number of carbonyl (C=O) groups excluding carboxylic acids is 2. The van der Waals surface area contributed by atoms with Crippen molar-refractivity contribution in [3.05, 3.63) is 47.0 Å². The molecule has 1 N–H and O–H groups in total. The first kappa shape index (κ1) is 17.8. The van der Waals surface area contributed by atoms with E-state index in [9.17, 15) is 9.59 Å². The fourth-order valence-corrected chi connectivity index (χ4v) is 2.91. The van der Waals surface area contributed by atoms with Gasteiger partial charge in [0.05, 0.1) is 17.3 Å². The van der Waals surface area contributed by atoms with Crippen molar-refractivity contribution >= 4 is 11.7 Å². The molecule has 0 aromatic carbocycles. The van der Waals surface area contributed by atoms with Crippen molar-refractivity contribution in [3.8, 4) is 0 Å². The summed E-state index contributed by atoms with van der Waals surface area (Å²) in [5.41, 5.74) is 2.94. The van der Waals surface area contributed by atoms with Gasteiger partial charge in [-0.3, -0.25) is 19.3 Å². The summed E-state index contributed by atoms with van der Waals surface area (Å²) in [7, 11) is 0. The third-order valence-electron chi connectivity index (χ3n) is 4.05. The molecule has 24 heavy (non-hydrogen) atoms. The molecule has 0 aliphatic rings. The summed E-state index contributed by atoms with van der Waals surface area (Å²) in [5.74, 6) is 0.0525. The van der Waals surface area contributed by atoms with Gasteiger partial charge in [0.15, 0.2) is 5.78 Å². The summed E-state index contributed by atoms with van der Waals surface area (Å²) < 4.78 is 1.59. The van der Waals surface area contributed by atoms with E-state index >= 15 is 0 Å². The summed E-state index contributed by atoms with van der Waals surface area (Å²) in [6.07, 6.45) is 3.48. The second-order valence-electron chi connectivity index (χ2n) is 6.34. The van der Waals surface area contributed by atoms with Gasteiger partial charge in [-0.2, -0.15) is 5.10 Å². The topological polar surface area (TPSA) is 76.9 Å². The number of carbonyl (C=O) groups is 2. The number of ketones is 1. The van der Waals surface area contributed by atoms with Crippen LogP contribution in [0.4, 0.5) is 0 Å². The smallest absolute Gasteiger partial charge is 0.242 e. The van der Waals surface area contributed by atoms with Crippen LogP contribution in [0.15, 0.2) is 24.5 Å². The lowest BCUT2D eigenvalue weighted by molar-refractivity contribution is -0.123. The monoisotopic (exact) mass is 328 g/mol. The maximum Gasteiger partial charge on any atom is 0.242 e. The first-order chi connectivity index (χ1) is 11.3. The SMILES string of the molecule is CC(=O)c1c(C)nn(CC(=O)N[C@H](c2cccnc2)C(C)C)c1C. The summed E-state index contributed by atoms with van der Waals surface area (Å²) >= 11 is 0. The summed E-state index contributed by atoms with van der Waals surface area (Å²) in [5, 5.41) is 7.36. The third kappa shape index (κ3) is 3.88. The molecular formula is C18H24N4O2. The summed E-state index contributed by atoms with van der Waals surface area (Å²) in [6.45, 7) is 9.29. The van der Waals surface area contributed by atoms with Crippen molar-refractivity contribution in [1.82, 2.24) is 20.1 Å². The van der Waals surface area contributed by atoms with Crippen LogP contribution in [-0.2, 0) is 11.3 Å². The van der Waals surface area contributed by atoms with Crippen LogP contribution in [0.2, 0.25) is 0 Å². The largest absolute Gasteiger partial charge is 0.347 e. The van der Waals surface area contributed by atoms with Gasteiger partial charge in [-0.25, -0.2) is 0 Å². The van der Waals surface area contributed by atoms with E-state index in [-0.39, 0.29) is 30.2 Å². The van der Waals surface area contributed by atoms with E-state index in [1.165, 1.54) is 6.92 Å². The zero-order valence-electron chi connectivity index (χ0n) is 14.8. The van der Waals surface area contributed by atoms with Crippen LogP contribution in [0.25, 0.3) is 0 Å². The van der Waals surface area contributed by atoms with Crippen molar-refractivity contribution in [2.75, 3.05) is 0 Å². The van der Waals surface area contributed by atoms with Crippen LogP contribution in [0.3, 0.4) is 0 Å². The van der Waals surface area contributed by atoms with Crippen molar-refractivity contribution in [2.45, 2.75) is 47.2 Å². The molecule has 128 valence electrons. The van der Waals surface area contributed by atoms with Crippen molar-refractivity contribution in [3.63, 3.8) is 0 Å². The van der Waals surface area contributed by atoms with E-state index in [2.05, 4.69) is 29.2 Å². The van der Waals surface area contributed by atoms with E-state index in [1.54, 1.807) is 24.0 Å². The Morgan fingerprint density at radius 3 is 2.50 bits per heavy atom. The average molecular weight is 328 g/mol. The lowest BCUT2D eigenvalue weighted by atomic mass is 9.97. The minimum Gasteiger partial charge on any atom is -0.347 e. The molecule has 0 unspecified atom stereocenters. The number of hydrogen-bond donors (Lipinski definition) is 1. The Kier molecular flexibility index (Phi) is 5.49. The molecule has 0 aliphatic heterocycles. The second-order valence-corrected chi connectivity index (χ2v) is 6.34. The Hall–Kier alpha value is -2.50. The van der Waals surface area contributed by atoms with E-state index in [0.29, 0.717) is 11.3 Å². The van der Waals surface area contributed by atoms with Crippen molar-refractivity contribution in [2.24, 2.45) is 5.92 Å². The van der Waals surface area contributed by atoms with E-state index in [0.717, 1.165) is 11.3 Å². The number of aryl methyl sites for hydroxylation is 1. The molecule has 0 aliphatic carbocycles. The zero-order valence-corrected chi connectivity index (χ0v) is 14.8. The molecule has 0 spiro atoms. The van der Waals surface area contributed by atoms with Crippen molar-refractivity contribution < 1.29 is 9.59 Å². The number of nitrogens with one attached hydrogen (secondary N) is 1. The second kappa shape index (κ2) is 7.38. The molecule has 1 atom stereocenters. The molecular weight excluding hydrogens is 304 g/mol. The first-order valence-electron chi connectivity index (χ1n) is 8.05. The highest BCUT2D eigenvalue weighted by atomic mass is 16.2. The third-order valence-corrected chi connectivity index (χ3v) is 4.05. The number of pyridine rings is 1. The maximum atomic E-state index is 12.5. The standard InChI is InChI=1S/C18H24N4O2/c1-11(2)18(15-7-6-8-19-9-15)20-16(24)10-22-13(4)17(14(5)23)12(3)21-22/h6-9,11,18H,10H2,1-5H3,(H,20,24)/t18-/m0/s1. The van der Waals surface area contributed by atoms with Gasteiger partial charge in [0.1, 0.15) is 6.54 Å². The predicted molar refractivity (Wildman–Crippen MR) is 91.7 cm³/mol. The van der Waals surface area contributed by atoms with Crippen LogP contribution < -0.4 is 5.32 Å². The Balaban J connectivity index is 2.15. The van der Waals surface area contributed by atoms with Crippen LogP contribution in [0.1, 0.15) is 54.1 Å². The van der Waals surface area contributed by atoms with Gasteiger partial charge >= 0.3 is 0 Å². The number of Topliss-reactive ketones (excluding diaryl/α,β-unsaturated/α-hetero) is 1. The molecule has 6 heteroatoms. The van der Waals surface area contributed by atoms with Gasteiger partial charge in [0.2, 0.25) is 5.91 Å². The van der Waals surface area contributed by atoms with Crippen molar-refractivity contribution in [1.29, 1.82) is 0 Å². The molecule has 0 radical (unpaired) electrons. The predicted octanol–water partition coefficient (Wildman–Crippen LogP) is 2.61. The van der Waals surface area contributed by atoms with Crippen LogP contribution in [0, 0.1) is 19.8 Å². The minimum atomic E-state index is -0.141. The number of nitrogens with zero attached hydrogens (tertiary/aromatic N) is 3. The minimum absolute atomic E-state index is 0.0351. The number of rotatable bonds is 6. The van der Waals surface area contributed by atoms with Gasteiger partial charge in [-0.05, 0) is 38.3 Å². The molecule has 0 saturated carbocycles. The van der Waals surface area contributed by atoms with Gasteiger partial charge in [0, 0.05) is 18.1 Å². The summed E-state index contributed by atoms with van der Waals surface area (Å²) in [4.78, 5) is 28.3. The van der Waals surface area contributed by atoms with E-state index in [4.69, 9.17) is 0 Å². The summed E-state index contributed by atoms with van der Waals surface area (Å²) in [6, 6.07) is 3.70. The molecule has 2 aromatic heterocycles. The Morgan fingerprint density at radius 2 is 2.00 bits per heavy atom. The lowest BCUT2D eigenvalue weighted by Gasteiger charge is -2.22. The van der Waals surface area contributed by atoms with Gasteiger partial charge in [-0.1, -0.05) is 19.9 Å². The molecule has 2 heterocycles. The number of aromatic nitrogens is 3. The van der Waals surface area contributed by atoms with Crippen LogP contribution in [-0.4, -0.2) is 26.5 Å². The number of amides is 1. The van der Waals surface area contributed by atoms with E-state index in [1.807, 2.05) is 19.1 Å². The maximum absolute atomic E-state index is 12.5. The highest BCUT2D eigenvalue weighted by molar-refractivity contribution is 5.96. The Bertz CT molecular complexity index is 735. The Labute approximate surface area is 142 Å². The number of hydrogen-bond acceptors (Lipinski definition) is 4. The van der Waals surface area contributed by atoms with Gasteiger partial charge in [-0.15, -0.1) is 0 Å². The lowest BCUT2D eigenvalue weighted by Crippen LogP contribution is -2.34. The Morgan fingerprint density at radius 1 is 1.29 bits per heavy atom. The van der Waals surface area contributed by atoms with E-state index < -0.39 is 0 Å². The highest BCUT2D eigenvalue weighted by Crippen LogP contribution is 2.21. The van der Waals surface area contributed by atoms with Crippen LogP contribution >= 0.6 is 0 Å². The first-order valence-corrected chi connectivity index (χ1v) is 8.05. The molecule has 2 aromatic rings. The molecule has 2 rings (SSSR count). The molecule has 6 nitrogen and oxygen atoms in total. The fourth-order valence-electron chi connectivity index (χ4n) is 2.91. The molecule has 0 saturated heterocycles. The quantitative estimate of drug-likeness (QED) is 0.827. The average Bonchev–Trinajstić information content (AvgIpc) is 2.79. The van der Waals surface area contributed by atoms with Crippen LogP contribution in [0.5, 0.6) is 0 Å². The normalized spacial score (nSPS) is 12.2. The zero-order chi connectivity index (χ0) is 17.9. The van der Waals surface area contributed by atoms with Gasteiger partial charge < -0.3 is 5.32 Å². The van der Waals surface area contributed by atoms with Gasteiger partial charge in [0.25, 0.3) is 0 Å².